The SMILES string of the molecule is CC(C)NC(=O)c1ccc(NC(=O)C2CCCN(Cc3cccc(F)c3)C2)cc1. The van der Waals surface area contributed by atoms with Gasteiger partial charge < -0.3 is 10.6 Å². The Labute approximate surface area is 171 Å². The van der Waals surface area contributed by atoms with Crippen LogP contribution in [0.15, 0.2) is 48.5 Å². The van der Waals surface area contributed by atoms with E-state index in [1.165, 1.54) is 6.07 Å². The Bertz CT molecular complexity index is 851. The summed E-state index contributed by atoms with van der Waals surface area (Å²) in [6.45, 7) is 6.01. The summed E-state index contributed by atoms with van der Waals surface area (Å²) in [6.07, 6.45) is 1.77. The van der Waals surface area contributed by atoms with E-state index in [1.807, 2.05) is 19.9 Å². The molecule has 6 heteroatoms. The van der Waals surface area contributed by atoms with Gasteiger partial charge in [0.15, 0.2) is 0 Å². The third kappa shape index (κ3) is 6.12. The fourth-order valence-electron chi connectivity index (χ4n) is 3.60. The molecular weight excluding hydrogens is 369 g/mol. The van der Waals surface area contributed by atoms with Gasteiger partial charge in [-0.05, 0) is 75.2 Å². The van der Waals surface area contributed by atoms with E-state index in [4.69, 9.17) is 0 Å². The Hall–Kier alpha value is -2.73. The van der Waals surface area contributed by atoms with Crippen molar-refractivity contribution < 1.29 is 14.0 Å². The number of carbonyl (C=O) groups is 2. The maximum atomic E-state index is 13.4. The van der Waals surface area contributed by atoms with Crippen molar-refractivity contribution in [2.75, 3.05) is 18.4 Å². The zero-order chi connectivity index (χ0) is 20.8. The average molecular weight is 397 g/mol. The maximum absolute atomic E-state index is 13.4. The quantitative estimate of drug-likeness (QED) is 0.779. The van der Waals surface area contributed by atoms with Crippen molar-refractivity contribution in [1.82, 2.24) is 10.2 Å². The number of hydrogen-bond acceptors (Lipinski definition) is 3. The lowest BCUT2D eigenvalue weighted by molar-refractivity contribution is -0.121. The normalized spacial score (nSPS) is 17.2. The number of anilines is 1. The minimum Gasteiger partial charge on any atom is -0.350 e. The highest BCUT2D eigenvalue weighted by atomic mass is 19.1. The molecule has 0 saturated carbocycles. The molecule has 2 N–H and O–H groups in total. The van der Waals surface area contributed by atoms with Crippen LogP contribution >= 0.6 is 0 Å². The largest absolute Gasteiger partial charge is 0.350 e. The summed E-state index contributed by atoms with van der Waals surface area (Å²) in [5, 5.41) is 5.80. The number of piperidine rings is 1. The van der Waals surface area contributed by atoms with Gasteiger partial charge in [-0.15, -0.1) is 0 Å². The van der Waals surface area contributed by atoms with Crippen LogP contribution in [0.5, 0.6) is 0 Å². The van der Waals surface area contributed by atoms with E-state index in [0.717, 1.165) is 24.9 Å². The van der Waals surface area contributed by atoms with Crippen molar-refractivity contribution in [2.24, 2.45) is 5.92 Å². The lowest BCUT2D eigenvalue weighted by atomic mass is 9.96. The monoisotopic (exact) mass is 397 g/mol. The molecule has 3 rings (SSSR count). The first-order valence-corrected chi connectivity index (χ1v) is 10.1. The Balaban J connectivity index is 1.55. The van der Waals surface area contributed by atoms with E-state index in [9.17, 15) is 14.0 Å². The maximum Gasteiger partial charge on any atom is 0.251 e. The van der Waals surface area contributed by atoms with Crippen molar-refractivity contribution >= 4 is 17.5 Å². The zero-order valence-corrected chi connectivity index (χ0v) is 17.0. The number of likely N-dealkylation sites (tertiary alicyclic amines) is 1. The van der Waals surface area contributed by atoms with E-state index >= 15 is 0 Å². The number of benzene rings is 2. The van der Waals surface area contributed by atoms with Gasteiger partial charge in [-0.3, -0.25) is 14.5 Å². The van der Waals surface area contributed by atoms with E-state index in [0.29, 0.717) is 24.3 Å². The van der Waals surface area contributed by atoms with E-state index in [1.54, 1.807) is 36.4 Å². The number of nitrogens with one attached hydrogen (secondary N) is 2. The second kappa shape index (κ2) is 9.65. The average Bonchev–Trinajstić information content (AvgIpc) is 2.68. The molecule has 1 aliphatic rings. The molecule has 1 saturated heterocycles. The minimum atomic E-state index is -0.237. The zero-order valence-electron chi connectivity index (χ0n) is 17.0. The molecule has 0 spiro atoms. The highest BCUT2D eigenvalue weighted by Gasteiger charge is 2.26. The number of hydrogen-bond donors (Lipinski definition) is 2. The Morgan fingerprint density at radius 3 is 2.62 bits per heavy atom. The summed E-state index contributed by atoms with van der Waals surface area (Å²) in [5.74, 6) is -0.493. The summed E-state index contributed by atoms with van der Waals surface area (Å²) in [6, 6.07) is 13.6. The topological polar surface area (TPSA) is 61.4 Å². The van der Waals surface area contributed by atoms with E-state index < -0.39 is 0 Å². The predicted octanol–water partition coefficient (Wildman–Crippen LogP) is 3.81. The number of carbonyl (C=O) groups excluding carboxylic acids is 2. The molecule has 5 nitrogen and oxygen atoms in total. The molecule has 2 aromatic carbocycles. The van der Waals surface area contributed by atoms with Crippen molar-refractivity contribution in [3.8, 4) is 0 Å². The van der Waals surface area contributed by atoms with Crippen LogP contribution in [0.3, 0.4) is 0 Å². The lowest BCUT2D eigenvalue weighted by Gasteiger charge is -2.32. The van der Waals surface area contributed by atoms with Crippen LogP contribution in [-0.2, 0) is 11.3 Å². The fraction of sp³-hybridized carbons (Fsp3) is 0.391. The molecule has 0 aromatic heterocycles. The second-order valence-corrected chi connectivity index (χ2v) is 7.90. The highest BCUT2D eigenvalue weighted by Crippen LogP contribution is 2.21. The molecule has 0 radical (unpaired) electrons. The Morgan fingerprint density at radius 1 is 1.17 bits per heavy atom. The van der Waals surface area contributed by atoms with Gasteiger partial charge in [0.05, 0.1) is 5.92 Å². The van der Waals surface area contributed by atoms with Crippen LogP contribution in [0.1, 0.15) is 42.6 Å². The first-order valence-electron chi connectivity index (χ1n) is 10.1. The first kappa shape index (κ1) is 21.0. The Morgan fingerprint density at radius 2 is 1.93 bits per heavy atom. The van der Waals surface area contributed by atoms with Gasteiger partial charge in [-0.1, -0.05) is 12.1 Å². The molecule has 2 aromatic rings. The first-order chi connectivity index (χ1) is 13.9. The number of nitrogens with zero attached hydrogens (tertiary/aromatic N) is 1. The standard InChI is InChI=1S/C23H28FN3O2/c1-16(2)25-22(28)18-8-10-21(11-9-18)26-23(29)19-6-4-12-27(15-19)14-17-5-3-7-20(24)13-17/h3,5,7-11,13,16,19H,4,6,12,14-15H2,1-2H3,(H,25,28)(H,26,29). The summed E-state index contributed by atoms with van der Waals surface area (Å²) < 4.78 is 13.4. The second-order valence-electron chi connectivity index (χ2n) is 7.90. The molecular formula is C23H28FN3O2. The van der Waals surface area contributed by atoms with Gasteiger partial charge in [0.1, 0.15) is 5.82 Å². The van der Waals surface area contributed by atoms with Crippen molar-refractivity contribution in [3.63, 3.8) is 0 Å². The van der Waals surface area contributed by atoms with Gasteiger partial charge in [0.2, 0.25) is 5.91 Å². The molecule has 29 heavy (non-hydrogen) atoms. The van der Waals surface area contributed by atoms with Crippen LogP contribution in [0, 0.1) is 11.7 Å². The molecule has 1 aliphatic heterocycles. The molecule has 0 aliphatic carbocycles. The highest BCUT2D eigenvalue weighted by molar-refractivity contribution is 5.96. The molecule has 1 fully saturated rings. The summed E-state index contributed by atoms with van der Waals surface area (Å²) in [7, 11) is 0. The van der Waals surface area contributed by atoms with Gasteiger partial charge in [-0.25, -0.2) is 4.39 Å². The third-order valence-electron chi connectivity index (χ3n) is 5.01. The molecule has 1 atom stereocenters. The molecule has 1 unspecified atom stereocenters. The van der Waals surface area contributed by atoms with E-state index in [-0.39, 0.29) is 29.6 Å². The van der Waals surface area contributed by atoms with E-state index in [2.05, 4.69) is 15.5 Å². The number of amides is 2. The smallest absolute Gasteiger partial charge is 0.251 e. The number of halogens is 1. The van der Waals surface area contributed by atoms with Gasteiger partial charge in [0, 0.05) is 30.4 Å². The molecule has 2 amide bonds. The minimum absolute atomic E-state index is 0.0201. The van der Waals surface area contributed by atoms with Gasteiger partial charge >= 0.3 is 0 Å². The Kier molecular flexibility index (Phi) is 6.99. The summed E-state index contributed by atoms with van der Waals surface area (Å²) >= 11 is 0. The van der Waals surface area contributed by atoms with Crippen molar-refractivity contribution in [2.45, 2.75) is 39.3 Å². The summed E-state index contributed by atoms with van der Waals surface area (Å²) in [4.78, 5) is 26.9. The predicted molar refractivity (Wildman–Crippen MR) is 112 cm³/mol. The van der Waals surface area contributed by atoms with Crippen molar-refractivity contribution in [3.05, 3.63) is 65.5 Å². The summed E-state index contributed by atoms with van der Waals surface area (Å²) in [5.41, 5.74) is 2.16. The fourth-order valence-corrected chi connectivity index (χ4v) is 3.60. The number of rotatable bonds is 6. The molecule has 0 bridgehead atoms. The molecule has 1 heterocycles. The van der Waals surface area contributed by atoms with Crippen LogP contribution in [0.25, 0.3) is 0 Å². The lowest BCUT2D eigenvalue weighted by Crippen LogP contribution is -2.40. The third-order valence-corrected chi connectivity index (χ3v) is 5.01. The molecule has 154 valence electrons. The van der Waals surface area contributed by atoms with Crippen LogP contribution in [0.2, 0.25) is 0 Å². The van der Waals surface area contributed by atoms with Crippen LogP contribution in [-0.4, -0.2) is 35.8 Å². The van der Waals surface area contributed by atoms with Crippen LogP contribution in [0.4, 0.5) is 10.1 Å². The van der Waals surface area contributed by atoms with Gasteiger partial charge in [0.25, 0.3) is 5.91 Å². The van der Waals surface area contributed by atoms with Crippen LogP contribution < -0.4 is 10.6 Å². The van der Waals surface area contributed by atoms with Gasteiger partial charge in [-0.2, -0.15) is 0 Å². The van der Waals surface area contributed by atoms with Crippen molar-refractivity contribution in [1.29, 1.82) is 0 Å².